The van der Waals surface area contributed by atoms with Gasteiger partial charge >= 0.3 is 6.03 Å². The van der Waals surface area contributed by atoms with Crippen molar-refractivity contribution in [3.63, 3.8) is 0 Å². The average molecular weight is 326 g/mol. The number of hydrogen-bond donors (Lipinski definition) is 2. The number of anilines is 1. The minimum Gasteiger partial charge on any atom is -0.383 e. The molecular formula is C15H20ClN3O3. The molecule has 1 heterocycles. The van der Waals surface area contributed by atoms with Crippen LogP contribution in [0.25, 0.3) is 0 Å². The second-order valence-electron chi connectivity index (χ2n) is 5.07. The first-order valence-corrected chi connectivity index (χ1v) is 7.59. The minimum absolute atomic E-state index is 0.179. The third-order valence-corrected chi connectivity index (χ3v) is 3.76. The van der Waals surface area contributed by atoms with Crippen molar-refractivity contribution in [2.45, 2.75) is 18.9 Å². The number of hydrogen-bond acceptors (Lipinski definition) is 3. The van der Waals surface area contributed by atoms with Crippen molar-refractivity contribution in [2.75, 3.05) is 32.1 Å². The van der Waals surface area contributed by atoms with Gasteiger partial charge in [-0.05, 0) is 37.1 Å². The molecule has 0 spiro atoms. The number of benzene rings is 1. The van der Waals surface area contributed by atoms with Gasteiger partial charge < -0.3 is 20.3 Å². The fraction of sp³-hybridized carbons (Fsp3) is 0.467. The fourth-order valence-corrected chi connectivity index (χ4v) is 2.53. The molecule has 1 aliphatic rings. The second kappa shape index (κ2) is 8.00. The van der Waals surface area contributed by atoms with E-state index in [9.17, 15) is 9.59 Å². The number of urea groups is 1. The molecule has 2 N–H and O–H groups in total. The molecule has 0 aliphatic carbocycles. The SMILES string of the molecule is COCCNC(=O)N1CCC[C@@H]1C(=O)Nc1ccc(Cl)cc1. The molecule has 0 bridgehead atoms. The molecule has 1 saturated heterocycles. The van der Waals surface area contributed by atoms with E-state index < -0.39 is 6.04 Å². The summed E-state index contributed by atoms with van der Waals surface area (Å²) in [6.45, 7) is 1.45. The van der Waals surface area contributed by atoms with Gasteiger partial charge in [0, 0.05) is 30.9 Å². The van der Waals surface area contributed by atoms with Crippen LogP contribution in [0.4, 0.5) is 10.5 Å². The predicted molar refractivity (Wildman–Crippen MR) is 85.1 cm³/mol. The molecule has 1 atom stereocenters. The van der Waals surface area contributed by atoms with Gasteiger partial charge in [-0.3, -0.25) is 4.79 Å². The van der Waals surface area contributed by atoms with E-state index in [1.165, 1.54) is 0 Å². The molecule has 0 aromatic heterocycles. The first kappa shape index (κ1) is 16.6. The van der Waals surface area contributed by atoms with E-state index in [1.807, 2.05) is 0 Å². The summed E-state index contributed by atoms with van der Waals surface area (Å²) < 4.78 is 4.89. The second-order valence-corrected chi connectivity index (χ2v) is 5.51. The molecule has 3 amide bonds. The molecule has 0 unspecified atom stereocenters. The lowest BCUT2D eigenvalue weighted by Gasteiger charge is -2.24. The van der Waals surface area contributed by atoms with E-state index in [2.05, 4.69) is 10.6 Å². The molecule has 1 fully saturated rings. The summed E-state index contributed by atoms with van der Waals surface area (Å²) in [4.78, 5) is 26.0. The smallest absolute Gasteiger partial charge is 0.318 e. The molecule has 22 heavy (non-hydrogen) atoms. The average Bonchev–Trinajstić information content (AvgIpc) is 2.99. The molecule has 1 aromatic rings. The lowest BCUT2D eigenvalue weighted by molar-refractivity contribution is -0.119. The number of carbonyl (C=O) groups excluding carboxylic acids is 2. The zero-order valence-corrected chi connectivity index (χ0v) is 13.2. The highest BCUT2D eigenvalue weighted by molar-refractivity contribution is 6.30. The van der Waals surface area contributed by atoms with Crippen LogP contribution in [0.5, 0.6) is 0 Å². The Balaban J connectivity index is 1.92. The molecule has 2 rings (SSSR count). The molecule has 7 heteroatoms. The largest absolute Gasteiger partial charge is 0.383 e. The van der Waals surface area contributed by atoms with E-state index in [0.29, 0.717) is 36.8 Å². The lowest BCUT2D eigenvalue weighted by Crippen LogP contribution is -2.48. The van der Waals surface area contributed by atoms with E-state index in [1.54, 1.807) is 36.3 Å². The fourth-order valence-electron chi connectivity index (χ4n) is 2.40. The Labute approximate surface area is 134 Å². The molecule has 0 radical (unpaired) electrons. The van der Waals surface area contributed by atoms with Crippen LogP contribution in [0.1, 0.15) is 12.8 Å². The van der Waals surface area contributed by atoms with Crippen LogP contribution in [-0.2, 0) is 9.53 Å². The van der Waals surface area contributed by atoms with Gasteiger partial charge in [0.15, 0.2) is 0 Å². The maximum atomic E-state index is 12.4. The van der Waals surface area contributed by atoms with Crippen LogP contribution >= 0.6 is 11.6 Å². The number of halogens is 1. The van der Waals surface area contributed by atoms with E-state index in [-0.39, 0.29) is 11.9 Å². The van der Waals surface area contributed by atoms with Gasteiger partial charge in [0.05, 0.1) is 6.61 Å². The van der Waals surface area contributed by atoms with Crippen molar-refractivity contribution in [2.24, 2.45) is 0 Å². The quantitative estimate of drug-likeness (QED) is 0.814. The van der Waals surface area contributed by atoms with Crippen LogP contribution in [0.15, 0.2) is 24.3 Å². The predicted octanol–water partition coefficient (Wildman–Crippen LogP) is 2.10. The summed E-state index contributed by atoms with van der Waals surface area (Å²) in [6.07, 6.45) is 1.48. The highest BCUT2D eigenvalue weighted by atomic mass is 35.5. The number of nitrogens with one attached hydrogen (secondary N) is 2. The maximum absolute atomic E-state index is 12.4. The first-order valence-electron chi connectivity index (χ1n) is 7.21. The van der Waals surface area contributed by atoms with Crippen LogP contribution < -0.4 is 10.6 Å². The van der Waals surface area contributed by atoms with Gasteiger partial charge in [0.1, 0.15) is 6.04 Å². The number of carbonyl (C=O) groups is 2. The Morgan fingerprint density at radius 1 is 1.36 bits per heavy atom. The summed E-state index contributed by atoms with van der Waals surface area (Å²) in [5.41, 5.74) is 0.668. The highest BCUT2D eigenvalue weighted by Gasteiger charge is 2.33. The number of methoxy groups -OCH3 is 1. The van der Waals surface area contributed by atoms with Crippen molar-refractivity contribution >= 4 is 29.2 Å². The third-order valence-electron chi connectivity index (χ3n) is 3.51. The Bertz CT molecular complexity index is 521. The van der Waals surface area contributed by atoms with Gasteiger partial charge in [0.25, 0.3) is 0 Å². The van der Waals surface area contributed by atoms with Gasteiger partial charge in [-0.25, -0.2) is 4.79 Å². The van der Waals surface area contributed by atoms with Crippen molar-refractivity contribution in [1.82, 2.24) is 10.2 Å². The van der Waals surface area contributed by atoms with Gasteiger partial charge in [-0.1, -0.05) is 11.6 Å². The number of nitrogens with zero attached hydrogens (tertiary/aromatic N) is 1. The monoisotopic (exact) mass is 325 g/mol. The Hall–Kier alpha value is -1.79. The standard InChI is InChI=1S/C15H20ClN3O3/c1-22-10-8-17-15(21)19-9-2-3-13(19)14(20)18-12-6-4-11(16)5-7-12/h4-7,13H,2-3,8-10H2,1H3,(H,17,21)(H,18,20)/t13-/m1/s1. The van der Waals surface area contributed by atoms with Crippen molar-refractivity contribution in [1.29, 1.82) is 0 Å². The summed E-state index contributed by atoms with van der Waals surface area (Å²) >= 11 is 5.82. The lowest BCUT2D eigenvalue weighted by atomic mass is 10.2. The minimum atomic E-state index is -0.446. The van der Waals surface area contributed by atoms with Crippen LogP contribution in [-0.4, -0.2) is 49.7 Å². The molecule has 1 aromatic carbocycles. The number of likely N-dealkylation sites (tertiary alicyclic amines) is 1. The van der Waals surface area contributed by atoms with Gasteiger partial charge in [0.2, 0.25) is 5.91 Å². The van der Waals surface area contributed by atoms with E-state index in [0.717, 1.165) is 6.42 Å². The van der Waals surface area contributed by atoms with Crippen LogP contribution in [0.2, 0.25) is 5.02 Å². The molecule has 0 saturated carbocycles. The summed E-state index contributed by atoms with van der Waals surface area (Å²) in [7, 11) is 1.57. The molecular weight excluding hydrogens is 306 g/mol. The molecule has 6 nitrogen and oxygen atoms in total. The highest BCUT2D eigenvalue weighted by Crippen LogP contribution is 2.20. The van der Waals surface area contributed by atoms with Gasteiger partial charge in [-0.15, -0.1) is 0 Å². The summed E-state index contributed by atoms with van der Waals surface area (Å²) in [6, 6.07) is 6.21. The zero-order chi connectivity index (χ0) is 15.9. The summed E-state index contributed by atoms with van der Waals surface area (Å²) in [5, 5.41) is 6.17. The van der Waals surface area contributed by atoms with E-state index in [4.69, 9.17) is 16.3 Å². The summed E-state index contributed by atoms with van der Waals surface area (Å²) in [5.74, 6) is -0.179. The van der Waals surface area contributed by atoms with Crippen LogP contribution in [0, 0.1) is 0 Å². The normalized spacial score (nSPS) is 17.4. The number of rotatable bonds is 5. The van der Waals surface area contributed by atoms with Gasteiger partial charge in [-0.2, -0.15) is 0 Å². The first-order chi connectivity index (χ1) is 10.6. The third kappa shape index (κ3) is 4.35. The van der Waals surface area contributed by atoms with Crippen molar-refractivity contribution < 1.29 is 14.3 Å². The molecule has 120 valence electrons. The Morgan fingerprint density at radius 3 is 2.77 bits per heavy atom. The van der Waals surface area contributed by atoms with Crippen molar-refractivity contribution in [3.05, 3.63) is 29.3 Å². The number of amides is 3. The van der Waals surface area contributed by atoms with Crippen LogP contribution in [0.3, 0.4) is 0 Å². The zero-order valence-electron chi connectivity index (χ0n) is 12.5. The maximum Gasteiger partial charge on any atom is 0.318 e. The Morgan fingerprint density at radius 2 is 2.09 bits per heavy atom. The number of ether oxygens (including phenoxy) is 1. The molecule has 1 aliphatic heterocycles. The topological polar surface area (TPSA) is 70.7 Å². The Kier molecular flexibility index (Phi) is 6.03. The van der Waals surface area contributed by atoms with Crippen molar-refractivity contribution in [3.8, 4) is 0 Å². The van der Waals surface area contributed by atoms with E-state index >= 15 is 0 Å².